The average molecular weight is 462 g/mol. The first-order valence-corrected chi connectivity index (χ1v) is 11.8. The van der Waals surface area contributed by atoms with Crippen LogP contribution in [0.5, 0.6) is 5.75 Å². The molecule has 3 aromatic rings. The Hall–Kier alpha value is -3.32. The molecule has 7 nitrogen and oxygen atoms in total. The number of benzene rings is 2. The third-order valence-corrected chi connectivity index (χ3v) is 7.23. The molecule has 1 saturated heterocycles. The standard InChI is InChI=1S/C27H31N3O4/c1-18-7-4-5-8-20(18)16-30-25(31)24-13-19-10-11-21(33-3)14-23(19)29(24)17-27(30,2)26(32)28-15-22-9-6-12-34-22/h4-5,7-8,10-11,13-14,22H,6,9,12,15-17H2,1-3H3,(H,28,32)/t22-,27-/m0/s1. The van der Waals surface area contributed by atoms with Crippen LogP contribution >= 0.6 is 0 Å². The molecule has 1 fully saturated rings. The molecular formula is C27H31N3O4. The van der Waals surface area contributed by atoms with Crippen LogP contribution < -0.4 is 10.1 Å². The van der Waals surface area contributed by atoms with E-state index < -0.39 is 5.54 Å². The number of hydrogen-bond donors (Lipinski definition) is 1. The second-order valence-corrected chi connectivity index (χ2v) is 9.48. The minimum atomic E-state index is -1.07. The molecule has 0 unspecified atom stereocenters. The lowest BCUT2D eigenvalue weighted by Gasteiger charge is -2.44. The lowest BCUT2D eigenvalue weighted by Crippen LogP contribution is -2.64. The van der Waals surface area contributed by atoms with Crippen LogP contribution in [0.4, 0.5) is 0 Å². The highest BCUT2D eigenvalue weighted by Crippen LogP contribution is 2.35. The minimum absolute atomic E-state index is 0.0314. The van der Waals surface area contributed by atoms with Crippen molar-refractivity contribution in [2.24, 2.45) is 0 Å². The molecule has 0 aliphatic carbocycles. The van der Waals surface area contributed by atoms with Gasteiger partial charge in [-0.25, -0.2) is 0 Å². The molecule has 0 saturated carbocycles. The van der Waals surface area contributed by atoms with Crippen LogP contribution in [0.3, 0.4) is 0 Å². The van der Waals surface area contributed by atoms with Crippen LogP contribution in [-0.4, -0.2) is 53.2 Å². The summed E-state index contributed by atoms with van der Waals surface area (Å²) in [5.74, 6) is 0.396. The first-order chi connectivity index (χ1) is 16.4. The highest BCUT2D eigenvalue weighted by molar-refractivity contribution is 6.03. The summed E-state index contributed by atoms with van der Waals surface area (Å²) < 4.78 is 13.1. The summed E-state index contributed by atoms with van der Waals surface area (Å²) in [5.41, 5.74) is 2.52. The van der Waals surface area contributed by atoms with Crippen molar-refractivity contribution >= 4 is 22.7 Å². The van der Waals surface area contributed by atoms with Crippen molar-refractivity contribution in [2.45, 2.75) is 51.4 Å². The molecule has 0 spiro atoms. The Morgan fingerprint density at radius 3 is 2.79 bits per heavy atom. The monoisotopic (exact) mass is 461 g/mol. The largest absolute Gasteiger partial charge is 0.497 e. The molecule has 2 aliphatic heterocycles. The van der Waals surface area contributed by atoms with Gasteiger partial charge in [0.1, 0.15) is 17.0 Å². The van der Waals surface area contributed by atoms with Crippen molar-refractivity contribution in [3.8, 4) is 5.75 Å². The molecule has 1 N–H and O–H groups in total. The number of methoxy groups -OCH3 is 1. The zero-order chi connectivity index (χ0) is 23.9. The number of rotatable bonds is 6. The van der Waals surface area contributed by atoms with Crippen molar-refractivity contribution in [1.29, 1.82) is 0 Å². The van der Waals surface area contributed by atoms with Crippen molar-refractivity contribution in [3.63, 3.8) is 0 Å². The molecule has 1 aromatic heterocycles. The molecule has 2 aliphatic rings. The van der Waals surface area contributed by atoms with Gasteiger partial charge in [-0.2, -0.15) is 0 Å². The maximum atomic E-state index is 13.9. The van der Waals surface area contributed by atoms with E-state index >= 15 is 0 Å². The number of fused-ring (bicyclic) bond motifs is 3. The number of carbonyl (C=O) groups is 2. The minimum Gasteiger partial charge on any atom is -0.497 e. The lowest BCUT2D eigenvalue weighted by atomic mass is 9.93. The predicted molar refractivity (Wildman–Crippen MR) is 130 cm³/mol. The van der Waals surface area contributed by atoms with Gasteiger partial charge in [0.2, 0.25) is 5.91 Å². The maximum absolute atomic E-state index is 13.9. The fraction of sp³-hybridized carbons (Fsp3) is 0.407. The first-order valence-electron chi connectivity index (χ1n) is 11.8. The second-order valence-electron chi connectivity index (χ2n) is 9.48. The summed E-state index contributed by atoms with van der Waals surface area (Å²) in [5, 5.41) is 4.03. The van der Waals surface area contributed by atoms with Crippen LogP contribution in [-0.2, 0) is 22.6 Å². The Bertz CT molecular complexity index is 1240. The van der Waals surface area contributed by atoms with E-state index in [0.717, 1.165) is 41.5 Å². The number of amides is 2. The quantitative estimate of drug-likeness (QED) is 0.608. The summed E-state index contributed by atoms with van der Waals surface area (Å²) in [6.07, 6.45) is 1.98. The molecule has 2 aromatic carbocycles. The number of aryl methyl sites for hydroxylation is 1. The maximum Gasteiger partial charge on any atom is 0.271 e. The van der Waals surface area contributed by atoms with E-state index in [2.05, 4.69) is 5.32 Å². The number of carbonyl (C=O) groups excluding carboxylic acids is 2. The fourth-order valence-electron chi connectivity index (χ4n) is 5.07. The van der Waals surface area contributed by atoms with Gasteiger partial charge in [-0.3, -0.25) is 9.59 Å². The molecule has 178 valence electrons. The Morgan fingerprint density at radius 2 is 2.06 bits per heavy atom. The highest BCUT2D eigenvalue weighted by atomic mass is 16.5. The summed E-state index contributed by atoms with van der Waals surface area (Å²) >= 11 is 0. The van der Waals surface area contributed by atoms with Gasteiger partial charge in [-0.1, -0.05) is 24.3 Å². The smallest absolute Gasteiger partial charge is 0.271 e. The van der Waals surface area contributed by atoms with Crippen molar-refractivity contribution in [3.05, 3.63) is 65.4 Å². The zero-order valence-electron chi connectivity index (χ0n) is 20.0. The van der Waals surface area contributed by atoms with E-state index in [1.165, 1.54) is 0 Å². The van der Waals surface area contributed by atoms with Gasteiger partial charge in [0.15, 0.2) is 0 Å². The molecular weight excluding hydrogens is 430 g/mol. The summed E-state index contributed by atoms with van der Waals surface area (Å²) in [6, 6.07) is 15.7. The van der Waals surface area contributed by atoms with E-state index in [-0.39, 0.29) is 17.9 Å². The van der Waals surface area contributed by atoms with Crippen LogP contribution in [0.1, 0.15) is 41.4 Å². The SMILES string of the molecule is COc1ccc2cc3n(c2c1)C[C@@](C)(C(=O)NC[C@@H]1CCCO1)N(Cc1ccccc1C)C3=O. The Kier molecular flexibility index (Phi) is 5.81. The Labute approximate surface area is 199 Å². The van der Waals surface area contributed by atoms with Crippen molar-refractivity contribution in [1.82, 2.24) is 14.8 Å². The van der Waals surface area contributed by atoms with Crippen LogP contribution in [0.15, 0.2) is 48.5 Å². The molecule has 2 amide bonds. The van der Waals surface area contributed by atoms with Crippen LogP contribution in [0.25, 0.3) is 10.9 Å². The summed E-state index contributed by atoms with van der Waals surface area (Å²) in [7, 11) is 1.62. The van der Waals surface area contributed by atoms with Crippen molar-refractivity contribution in [2.75, 3.05) is 20.3 Å². The van der Waals surface area contributed by atoms with Gasteiger partial charge in [0.25, 0.3) is 5.91 Å². The lowest BCUT2D eigenvalue weighted by molar-refractivity contribution is -0.133. The first kappa shape index (κ1) is 22.5. The number of ether oxygens (including phenoxy) is 2. The van der Waals surface area contributed by atoms with E-state index in [0.29, 0.717) is 31.1 Å². The van der Waals surface area contributed by atoms with E-state index in [1.807, 2.05) is 66.9 Å². The van der Waals surface area contributed by atoms with Crippen molar-refractivity contribution < 1.29 is 19.1 Å². The van der Waals surface area contributed by atoms with E-state index in [1.54, 1.807) is 12.0 Å². The normalized spacial score (nSPS) is 22.1. The second kappa shape index (κ2) is 8.80. The summed E-state index contributed by atoms with van der Waals surface area (Å²) in [4.78, 5) is 29.3. The Morgan fingerprint density at radius 1 is 1.24 bits per heavy atom. The Balaban J connectivity index is 1.55. The molecule has 0 radical (unpaired) electrons. The van der Waals surface area contributed by atoms with Gasteiger partial charge in [-0.15, -0.1) is 0 Å². The third kappa shape index (κ3) is 3.84. The van der Waals surface area contributed by atoms with Gasteiger partial charge < -0.3 is 24.3 Å². The van der Waals surface area contributed by atoms with Gasteiger partial charge in [0.05, 0.1) is 25.3 Å². The van der Waals surface area contributed by atoms with Gasteiger partial charge in [0, 0.05) is 31.1 Å². The average Bonchev–Trinajstić information content (AvgIpc) is 3.49. The summed E-state index contributed by atoms with van der Waals surface area (Å²) in [6.45, 7) is 5.79. The third-order valence-electron chi connectivity index (χ3n) is 7.23. The van der Waals surface area contributed by atoms with E-state index in [9.17, 15) is 9.59 Å². The molecule has 2 atom stereocenters. The number of nitrogens with one attached hydrogen (secondary N) is 1. The van der Waals surface area contributed by atoms with E-state index in [4.69, 9.17) is 9.47 Å². The number of nitrogens with zero attached hydrogens (tertiary/aromatic N) is 2. The van der Waals surface area contributed by atoms with Crippen LogP contribution in [0, 0.1) is 6.92 Å². The predicted octanol–water partition coefficient (Wildman–Crippen LogP) is 3.67. The fourth-order valence-corrected chi connectivity index (χ4v) is 5.07. The number of aromatic nitrogens is 1. The molecule has 3 heterocycles. The zero-order valence-corrected chi connectivity index (χ0v) is 20.0. The molecule has 7 heteroatoms. The molecule has 5 rings (SSSR count). The molecule has 0 bridgehead atoms. The molecule has 34 heavy (non-hydrogen) atoms. The van der Waals surface area contributed by atoms with Gasteiger partial charge in [-0.05, 0) is 56.0 Å². The topological polar surface area (TPSA) is 72.8 Å². The highest BCUT2D eigenvalue weighted by Gasteiger charge is 2.47. The van der Waals surface area contributed by atoms with Gasteiger partial charge >= 0.3 is 0 Å². The van der Waals surface area contributed by atoms with Crippen LogP contribution in [0.2, 0.25) is 0 Å². The number of hydrogen-bond acceptors (Lipinski definition) is 4.